The van der Waals surface area contributed by atoms with E-state index in [2.05, 4.69) is 0 Å². The minimum absolute atomic E-state index is 0.0225. The molecule has 1 saturated heterocycles. The second-order valence-electron chi connectivity index (χ2n) is 8.17. The number of amides is 1. The van der Waals surface area contributed by atoms with Crippen molar-refractivity contribution in [2.75, 3.05) is 40.4 Å². The molecule has 0 spiro atoms. The average molecular weight is 491 g/mol. The van der Waals surface area contributed by atoms with Crippen LogP contribution in [0.2, 0.25) is 10.0 Å². The number of likely N-dealkylation sites (tertiary alicyclic amines) is 1. The lowest BCUT2D eigenvalue weighted by molar-refractivity contribution is -0.139. The summed E-state index contributed by atoms with van der Waals surface area (Å²) in [5.41, 5.74) is 0.843. The minimum atomic E-state index is -0.842. The average Bonchev–Trinajstić information content (AvgIpc) is 3.03. The molecule has 1 N–H and O–H groups in total. The number of benzene rings is 2. The molecular weight excluding hydrogens is 467 g/mol. The van der Waals surface area contributed by atoms with Crippen molar-refractivity contribution in [1.82, 2.24) is 9.80 Å². The number of ketones is 1. The first kappa shape index (κ1) is 23.4. The number of aliphatic hydroxyl groups excluding tert-OH is 1. The summed E-state index contributed by atoms with van der Waals surface area (Å²) in [6.45, 7) is 1.87. The first-order chi connectivity index (χ1) is 15.8. The molecule has 7 nitrogen and oxygen atoms in total. The van der Waals surface area contributed by atoms with Crippen LogP contribution in [0.25, 0.3) is 5.76 Å². The normalized spacial score (nSPS) is 19.4. The Labute approximate surface area is 202 Å². The highest BCUT2D eigenvalue weighted by atomic mass is 35.5. The van der Waals surface area contributed by atoms with Crippen LogP contribution >= 0.6 is 23.2 Å². The first-order valence-electron chi connectivity index (χ1n) is 10.6. The van der Waals surface area contributed by atoms with Crippen LogP contribution in [0.4, 0.5) is 0 Å². The molecule has 1 amide bonds. The fourth-order valence-electron chi connectivity index (χ4n) is 4.06. The van der Waals surface area contributed by atoms with Gasteiger partial charge in [0.25, 0.3) is 11.7 Å². The lowest BCUT2D eigenvalue weighted by Crippen LogP contribution is -2.32. The van der Waals surface area contributed by atoms with E-state index in [4.69, 9.17) is 32.7 Å². The van der Waals surface area contributed by atoms with Gasteiger partial charge in [0.2, 0.25) is 0 Å². The molecule has 2 aromatic rings. The van der Waals surface area contributed by atoms with Crippen LogP contribution in [0.15, 0.2) is 42.0 Å². The molecule has 0 aliphatic carbocycles. The third kappa shape index (κ3) is 4.67. The molecule has 0 bridgehead atoms. The van der Waals surface area contributed by atoms with Gasteiger partial charge >= 0.3 is 0 Å². The van der Waals surface area contributed by atoms with Crippen LogP contribution in [0.3, 0.4) is 0 Å². The number of hydrogen-bond donors (Lipinski definition) is 1. The standard InChI is InChI=1S/C24H24Cl2N2O5/c1-27(2)8-3-9-28-21(16-6-5-15(25)13-17(16)26)20(23(30)24(28)31)22(29)14-4-7-18-19(12-14)33-11-10-32-18/h4-7,12-13,21,29H,3,8-11H2,1-2H3/b22-20+. The smallest absolute Gasteiger partial charge is 0.295 e. The second-order valence-corrected chi connectivity index (χ2v) is 9.02. The van der Waals surface area contributed by atoms with Gasteiger partial charge in [0, 0.05) is 22.2 Å². The SMILES string of the molecule is CN(C)CCCN1C(=O)C(=O)/C(=C(/O)c2ccc3c(c2)OCCO3)C1c1ccc(Cl)cc1Cl. The zero-order chi connectivity index (χ0) is 23.7. The Bertz CT molecular complexity index is 1130. The van der Waals surface area contributed by atoms with Crippen LogP contribution in [0.1, 0.15) is 23.6 Å². The zero-order valence-corrected chi connectivity index (χ0v) is 19.8. The maximum Gasteiger partial charge on any atom is 0.295 e. The topological polar surface area (TPSA) is 79.3 Å². The molecular formula is C24H24Cl2N2O5. The molecule has 0 saturated carbocycles. The number of aliphatic hydroxyl groups is 1. The molecule has 1 fully saturated rings. The fraction of sp³-hybridized carbons (Fsp3) is 0.333. The van der Waals surface area contributed by atoms with E-state index in [1.54, 1.807) is 36.4 Å². The Balaban J connectivity index is 1.81. The number of fused-ring (bicyclic) bond motifs is 1. The molecule has 174 valence electrons. The molecule has 9 heteroatoms. The highest BCUT2D eigenvalue weighted by Crippen LogP contribution is 2.43. The Kier molecular flexibility index (Phi) is 6.83. The van der Waals surface area contributed by atoms with E-state index in [1.165, 1.54) is 4.90 Å². The number of hydrogen-bond acceptors (Lipinski definition) is 6. The Morgan fingerprint density at radius 3 is 2.52 bits per heavy atom. The summed E-state index contributed by atoms with van der Waals surface area (Å²) in [6.07, 6.45) is 0.645. The van der Waals surface area contributed by atoms with Crippen LogP contribution in [0.5, 0.6) is 11.5 Å². The van der Waals surface area contributed by atoms with Crippen molar-refractivity contribution >= 4 is 40.7 Å². The van der Waals surface area contributed by atoms with E-state index >= 15 is 0 Å². The van der Waals surface area contributed by atoms with Gasteiger partial charge in [0.1, 0.15) is 19.0 Å². The van der Waals surface area contributed by atoms with Crippen molar-refractivity contribution in [2.24, 2.45) is 0 Å². The van der Waals surface area contributed by atoms with Crippen LogP contribution in [-0.4, -0.2) is 67.0 Å². The number of ether oxygens (including phenoxy) is 2. The predicted molar refractivity (Wildman–Crippen MR) is 126 cm³/mol. The molecule has 0 aromatic heterocycles. The van der Waals surface area contributed by atoms with E-state index in [-0.39, 0.29) is 11.3 Å². The minimum Gasteiger partial charge on any atom is -0.507 e. The van der Waals surface area contributed by atoms with Crippen LogP contribution in [-0.2, 0) is 9.59 Å². The van der Waals surface area contributed by atoms with Crippen molar-refractivity contribution in [3.05, 3.63) is 63.1 Å². The number of carbonyl (C=O) groups is 2. The van der Waals surface area contributed by atoms with E-state index in [0.29, 0.717) is 58.9 Å². The number of carbonyl (C=O) groups excluding carboxylic acids is 2. The number of Topliss-reactive ketones (excluding diaryl/α,β-unsaturated/α-hetero) is 1. The van der Waals surface area contributed by atoms with Gasteiger partial charge in [-0.2, -0.15) is 0 Å². The van der Waals surface area contributed by atoms with Crippen LogP contribution < -0.4 is 9.47 Å². The van der Waals surface area contributed by atoms with E-state index in [9.17, 15) is 14.7 Å². The first-order valence-corrected chi connectivity index (χ1v) is 11.3. The summed E-state index contributed by atoms with van der Waals surface area (Å²) in [7, 11) is 3.87. The summed E-state index contributed by atoms with van der Waals surface area (Å²) in [5.74, 6) is -0.714. The van der Waals surface area contributed by atoms with Gasteiger partial charge in [-0.3, -0.25) is 9.59 Å². The molecule has 33 heavy (non-hydrogen) atoms. The summed E-state index contributed by atoms with van der Waals surface area (Å²) >= 11 is 12.6. The van der Waals surface area contributed by atoms with Crippen molar-refractivity contribution < 1.29 is 24.2 Å². The van der Waals surface area contributed by atoms with Crippen molar-refractivity contribution in [2.45, 2.75) is 12.5 Å². The summed E-state index contributed by atoms with van der Waals surface area (Å²) in [5, 5.41) is 12.0. The van der Waals surface area contributed by atoms with Crippen molar-refractivity contribution in [1.29, 1.82) is 0 Å². The fourth-order valence-corrected chi connectivity index (χ4v) is 4.57. The second kappa shape index (κ2) is 9.63. The summed E-state index contributed by atoms with van der Waals surface area (Å²) < 4.78 is 11.1. The maximum atomic E-state index is 13.1. The van der Waals surface area contributed by atoms with Gasteiger partial charge in [0.05, 0.1) is 11.6 Å². The summed E-state index contributed by atoms with van der Waals surface area (Å²) in [4.78, 5) is 29.6. The Morgan fingerprint density at radius 2 is 1.82 bits per heavy atom. The quantitative estimate of drug-likeness (QED) is 0.372. The molecule has 4 rings (SSSR count). The van der Waals surface area contributed by atoms with Crippen LogP contribution in [0, 0.1) is 0 Å². The van der Waals surface area contributed by atoms with E-state index < -0.39 is 17.7 Å². The number of halogens is 2. The molecule has 0 radical (unpaired) electrons. The van der Waals surface area contributed by atoms with Gasteiger partial charge in [0.15, 0.2) is 11.5 Å². The Morgan fingerprint density at radius 1 is 1.09 bits per heavy atom. The lowest BCUT2D eigenvalue weighted by atomic mass is 9.95. The van der Waals surface area contributed by atoms with Gasteiger partial charge in [-0.15, -0.1) is 0 Å². The van der Waals surface area contributed by atoms with Gasteiger partial charge in [-0.1, -0.05) is 29.3 Å². The zero-order valence-electron chi connectivity index (χ0n) is 18.3. The van der Waals surface area contributed by atoms with E-state index in [1.807, 2.05) is 19.0 Å². The molecule has 2 heterocycles. The third-order valence-corrected chi connectivity index (χ3v) is 6.18. The van der Waals surface area contributed by atoms with Gasteiger partial charge < -0.3 is 24.4 Å². The number of rotatable bonds is 6. The highest BCUT2D eigenvalue weighted by molar-refractivity contribution is 6.47. The largest absolute Gasteiger partial charge is 0.507 e. The monoisotopic (exact) mass is 490 g/mol. The molecule has 1 atom stereocenters. The van der Waals surface area contributed by atoms with Gasteiger partial charge in [-0.25, -0.2) is 0 Å². The molecule has 2 aromatic carbocycles. The van der Waals surface area contributed by atoms with Crippen molar-refractivity contribution in [3.63, 3.8) is 0 Å². The Hall–Kier alpha value is -2.74. The number of nitrogens with zero attached hydrogens (tertiary/aromatic N) is 2. The molecule has 2 aliphatic rings. The predicted octanol–water partition coefficient (Wildman–Crippen LogP) is 4.14. The molecule has 1 unspecified atom stereocenters. The lowest BCUT2D eigenvalue weighted by Gasteiger charge is -2.26. The summed E-state index contributed by atoms with van der Waals surface area (Å²) in [6, 6.07) is 8.94. The molecule has 2 aliphatic heterocycles. The third-order valence-electron chi connectivity index (χ3n) is 5.62. The highest BCUT2D eigenvalue weighted by Gasteiger charge is 2.46. The van der Waals surface area contributed by atoms with E-state index in [0.717, 1.165) is 6.54 Å². The maximum absolute atomic E-state index is 13.1. The van der Waals surface area contributed by atoms with Gasteiger partial charge in [-0.05, 0) is 63.0 Å². The van der Waals surface area contributed by atoms with Crippen molar-refractivity contribution in [3.8, 4) is 11.5 Å².